The topological polar surface area (TPSA) is 71.1 Å². The Morgan fingerprint density at radius 3 is 2.65 bits per heavy atom. The number of hydrogen-bond acceptors (Lipinski definition) is 4. The van der Waals surface area contributed by atoms with Crippen LogP contribution in [0.3, 0.4) is 0 Å². The van der Waals surface area contributed by atoms with Crippen LogP contribution in [0.25, 0.3) is 0 Å². The summed E-state index contributed by atoms with van der Waals surface area (Å²) in [5, 5.41) is 12.3. The van der Waals surface area contributed by atoms with E-state index in [1.807, 2.05) is 12.1 Å². The van der Waals surface area contributed by atoms with Crippen molar-refractivity contribution in [2.24, 2.45) is 5.73 Å². The quantitative estimate of drug-likeness (QED) is 0.711. The molecule has 1 atom stereocenters. The van der Waals surface area contributed by atoms with Gasteiger partial charge in [0, 0.05) is 12.6 Å². The van der Waals surface area contributed by atoms with Crippen LogP contribution in [0.1, 0.15) is 43.9 Å². The molecule has 3 N–H and O–H groups in total. The highest BCUT2D eigenvalue weighted by molar-refractivity contribution is 5.36. The minimum Gasteiger partial charge on any atom is -0.492 e. The molecule has 0 saturated heterocycles. The lowest BCUT2D eigenvalue weighted by Gasteiger charge is -2.20. The van der Waals surface area contributed by atoms with Crippen LogP contribution in [0.15, 0.2) is 48.5 Å². The second-order valence-corrected chi connectivity index (χ2v) is 7.63. The minimum absolute atomic E-state index is 0.0471. The Bertz CT molecular complexity index is 744. The van der Waals surface area contributed by atoms with E-state index in [4.69, 9.17) is 15.7 Å². The van der Waals surface area contributed by atoms with Gasteiger partial charge in [-0.05, 0) is 47.7 Å². The van der Waals surface area contributed by atoms with Gasteiger partial charge in [0.05, 0.1) is 11.6 Å². The maximum absolute atomic E-state index is 8.90. The number of nitrogens with zero attached hydrogens (tertiary/aromatic N) is 1. The van der Waals surface area contributed by atoms with Crippen LogP contribution >= 0.6 is 0 Å². The van der Waals surface area contributed by atoms with Gasteiger partial charge in [-0.2, -0.15) is 5.26 Å². The molecule has 0 amide bonds. The lowest BCUT2D eigenvalue weighted by Crippen LogP contribution is -2.31. The SMILES string of the molecule is CC(C)(C)c1cccc(CNCC[C@@H](N)COc2cccc(C#N)c2)c1. The summed E-state index contributed by atoms with van der Waals surface area (Å²) in [6.07, 6.45) is 0.830. The summed E-state index contributed by atoms with van der Waals surface area (Å²) < 4.78 is 5.67. The molecule has 0 unspecified atom stereocenters. The first-order chi connectivity index (χ1) is 12.4. The summed E-state index contributed by atoms with van der Waals surface area (Å²) in [6.45, 7) is 8.79. The number of nitrogens with two attached hydrogens (primary N) is 1. The van der Waals surface area contributed by atoms with Gasteiger partial charge in [0.1, 0.15) is 12.4 Å². The molecule has 0 aliphatic rings. The van der Waals surface area contributed by atoms with E-state index in [1.54, 1.807) is 12.1 Å². The third kappa shape index (κ3) is 6.51. The van der Waals surface area contributed by atoms with Crippen LogP contribution in [-0.2, 0) is 12.0 Å². The van der Waals surface area contributed by atoms with Gasteiger partial charge in [0.15, 0.2) is 0 Å². The van der Waals surface area contributed by atoms with Crippen molar-refractivity contribution in [3.8, 4) is 11.8 Å². The van der Waals surface area contributed by atoms with Crippen molar-refractivity contribution < 1.29 is 4.74 Å². The van der Waals surface area contributed by atoms with Crippen molar-refractivity contribution in [1.29, 1.82) is 5.26 Å². The molecule has 0 radical (unpaired) electrons. The third-order valence-electron chi connectivity index (χ3n) is 4.24. The van der Waals surface area contributed by atoms with E-state index in [0.717, 1.165) is 19.5 Å². The first-order valence-electron chi connectivity index (χ1n) is 9.07. The van der Waals surface area contributed by atoms with E-state index < -0.39 is 0 Å². The van der Waals surface area contributed by atoms with Crippen LogP contribution < -0.4 is 15.8 Å². The second-order valence-electron chi connectivity index (χ2n) is 7.63. The van der Waals surface area contributed by atoms with E-state index in [9.17, 15) is 0 Å². The Labute approximate surface area is 157 Å². The van der Waals surface area contributed by atoms with Gasteiger partial charge in [-0.1, -0.05) is 51.1 Å². The standard InChI is InChI=1S/C22H29N3O/c1-22(2,3)19-8-4-7-18(12-19)15-25-11-10-20(24)16-26-21-9-5-6-17(13-21)14-23/h4-9,12-13,20,25H,10-11,15-16,24H2,1-3H3/t20-/m1/s1. The lowest BCUT2D eigenvalue weighted by molar-refractivity contribution is 0.281. The summed E-state index contributed by atoms with van der Waals surface area (Å²) in [4.78, 5) is 0. The molecular formula is C22H29N3O. The number of hydrogen-bond donors (Lipinski definition) is 2. The molecule has 2 aromatic rings. The Kier molecular flexibility index (Phi) is 7.20. The molecule has 0 spiro atoms. The summed E-state index contributed by atoms with van der Waals surface area (Å²) in [6, 6.07) is 17.9. The van der Waals surface area contributed by atoms with Gasteiger partial charge in [-0.15, -0.1) is 0 Å². The maximum atomic E-state index is 8.90. The number of ether oxygens (including phenoxy) is 1. The van der Waals surface area contributed by atoms with E-state index in [1.165, 1.54) is 11.1 Å². The molecule has 2 aromatic carbocycles. The highest BCUT2D eigenvalue weighted by Crippen LogP contribution is 2.22. The number of benzene rings is 2. The molecule has 138 valence electrons. The van der Waals surface area contributed by atoms with Gasteiger partial charge in [-0.3, -0.25) is 0 Å². The van der Waals surface area contributed by atoms with E-state index in [0.29, 0.717) is 17.9 Å². The summed E-state index contributed by atoms with van der Waals surface area (Å²) >= 11 is 0. The monoisotopic (exact) mass is 351 g/mol. The molecule has 0 aliphatic carbocycles. The zero-order chi connectivity index (χ0) is 19.0. The molecule has 26 heavy (non-hydrogen) atoms. The van der Waals surface area contributed by atoms with Crippen LogP contribution in [0, 0.1) is 11.3 Å². The van der Waals surface area contributed by atoms with Crippen molar-refractivity contribution in [2.45, 2.75) is 45.2 Å². The minimum atomic E-state index is -0.0471. The number of nitriles is 1. The molecule has 4 heteroatoms. The summed E-state index contributed by atoms with van der Waals surface area (Å²) in [5.74, 6) is 0.687. The Morgan fingerprint density at radius 1 is 1.15 bits per heavy atom. The van der Waals surface area contributed by atoms with Gasteiger partial charge in [-0.25, -0.2) is 0 Å². The van der Waals surface area contributed by atoms with Gasteiger partial charge < -0.3 is 15.8 Å². The fourth-order valence-electron chi connectivity index (χ4n) is 2.61. The number of rotatable bonds is 8. The van der Waals surface area contributed by atoms with Crippen LogP contribution in [0.5, 0.6) is 5.75 Å². The zero-order valence-corrected chi connectivity index (χ0v) is 16.0. The average Bonchev–Trinajstić information content (AvgIpc) is 2.63. The normalized spacial score (nSPS) is 12.4. The molecular weight excluding hydrogens is 322 g/mol. The van der Waals surface area contributed by atoms with Crippen molar-refractivity contribution in [3.05, 3.63) is 65.2 Å². The molecule has 0 fully saturated rings. The predicted molar refractivity (Wildman–Crippen MR) is 106 cm³/mol. The number of nitrogens with one attached hydrogen (secondary N) is 1. The molecule has 0 bridgehead atoms. The average molecular weight is 351 g/mol. The zero-order valence-electron chi connectivity index (χ0n) is 16.0. The smallest absolute Gasteiger partial charge is 0.120 e. The molecule has 0 saturated carbocycles. The van der Waals surface area contributed by atoms with E-state index in [-0.39, 0.29) is 11.5 Å². The van der Waals surface area contributed by atoms with E-state index >= 15 is 0 Å². The third-order valence-corrected chi connectivity index (χ3v) is 4.24. The highest BCUT2D eigenvalue weighted by Gasteiger charge is 2.13. The molecule has 2 rings (SSSR count). The van der Waals surface area contributed by atoms with Crippen LogP contribution in [0.2, 0.25) is 0 Å². The summed E-state index contributed by atoms with van der Waals surface area (Å²) in [5.41, 5.74) is 9.52. The first-order valence-corrected chi connectivity index (χ1v) is 9.07. The molecule has 0 aromatic heterocycles. The largest absolute Gasteiger partial charge is 0.492 e. The van der Waals surface area contributed by atoms with E-state index in [2.05, 4.69) is 56.4 Å². The molecule has 4 nitrogen and oxygen atoms in total. The van der Waals surface area contributed by atoms with Crippen molar-refractivity contribution >= 4 is 0 Å². The highest BCUT2D eigenvalue weighted by atomic mass is 16.5. The van der Waals surface area contributed by atoms with Gasteiger partial charge in [0.2, 0.25) is 0 Å². The van der Waals surface area contributed by atoms with Gasteiger partial charge >= 0.3 is 0 Å². The maximum Gasteiger partial charge on any atom is 0.120 e. The van der Waals surface area contributed by atoms with Crippen LogP contribution in [0.4, 0.5) is 0 Å². The van der Waals surface area contributed by atoms with Crippen molar-refractivity contribution in [2.75, 3.05) is 13.2 Å². The Morgan fingerprint density at radius 2 is 1.92 bits per heavy atom. The fourth-order valence-corrected chi connectivity index (χ4v) is 2.61. The Balaban J connectivity index is 1.70. The Hall–Kier alpha value is -2.35. The van der Waals surface area contributed by atoms with Crippen molar-refractivity contribution in [3.63, 3.8) is 0 Å². The van der Waals surface area contributed by atoms with Crippen molar-refractivity contribution in [1.82, 2.24) is 5.32 Å². The first kappa shape index (κ1) is 20.0. The second kappa shape index (κ2) is 9.38. The predicted octanol–water partition coefficient (Wildman–Crippen LogP) is 3.74. The van der Waals surface area contributed by atoms with Gasteiger partial charge in [0.25, 0.3) is 0 Å². The lowest BCUT2D eigenvalue weighted by atomic mass is 9.86. The molecule has 0 aliphatic heterocycles. The fraction of sp³-hybridized carbons (Fsp3) is 0.409. The molecule has 0 heterocycles. The summed E-state index contributed by atoms with van der Waals surface area (Å²) in [7, 11) is 0. The van der Waals surface area contributed by atoms with Crippen LogP contribution in [-0.4, -0.2) is 19.2 Å².